The predicted molar refractivity (Wildman–Crippen MR) is 194 cm³/mol. The molecule has 4 heterocycles. The Morgan fingerprint density at radius 1 is 0.554 bits per heavy atom. The van der Waals surface area contributed by atoms with Gasteiger partial charge in [-0.25, -0.2) is 0 Å². The fourth-order valence-corrected chi connectivity index (χ4v) is 13.2. The molecule has 4 aliphatic rings. The van der Waals surface area contributed by atoms with Crippen LogP contribution in [0.4, 0.5) is 0 Å². The summed E-state index contributed by atoms with van der Waals surface area (Å²) in [6.07, 6.45) is 3.24. The van der Waals surface area contributed by atoms with Crippen molar-refractivity contribution in [2.24, 2.45) is 53.1 Å². The van der Waals surface area contributed by atoms with Gasteiger partial charge in [-0.2, -0.15) is 0 Å². The Morgan fingerprint density at radius 2 is 0.911 bits per heavy atom. The van der Waals surface area contributed by atoms with E-state index in [-0.39, 0.29) is 38.5 Å². The smallest absolute Gasteiger partial charge is 0.397 e. The second-order valence-electron chi connectivity index (χ2n) is 14.6. The van der Waals surface area contributed by atoms with Crippen LogP contribution in [-0.4, -0.2) is 107 Å². The van der Waals surface area contributed by atoms with E-state index in [2.05, 4.69) is 5.32 Å². The van der Waals surface area contributed by atoms with Gasteiger partial charge in [0.15, 0.2) is 0 Å². The Labute approximate surface area is 329 Å². The van der Waals surface area contributed by atoms with Crippen LogP contribution >= 0.6 is 0 Å². The van der Waals surface area contributed by atoms with E-state index in [1.807, 2.05) is 6.92 Å². The normalized spacial score (nSPS) is 28.1. The lowest BCUT2D eigenvalue weighted by Gasteiger charge is -2.29. The molecule has 4 fully saturated rings. The molecule has 4 aliphatic heterocycles. The van der Waals surface area contributed by atoms with Crippen molar-refractivity contribution in [2.75, 3.05) is 41.0 Å². The van der Waals surface area contributed by atoms with Crippen molar-refractivity contribution >= 4 is 65.8 Å². The molecular weight excluding hydrogens is 773 g/mol. The fraction of sp³-hybridized carbons (Fsp3) is 0.778. The first kappa shape index (κ1) is 45.5. The van der Waals surface area contributed by atoms with Crippen LogP contribution in [0.2, 0.25) is 12.1 Å². The maximum absolute atomic E-state index is 12.8. The zero-order valence-corrected chi connectivity index (χ0v) is 34.5. The third-order valence-corrected chi connectivity index (χ3v) is 16.9. The molecule has 0 bridgehead atoms. The van der Waals surface area contributed by atoms with E-state index in [1.165, 1.54) is 0 Å². The highest BCUT2D eigenvalue weighted by atomic mass is 28.4. The number of carbonyl (C=O) groups is 8. The predicted octanol–water partition coefficient (Wildman–Crippen LogP) is 1.49. The van der Waals surface area contributed by atoms with Crippen LogP contribution in [0, 0.1) is 47.3 Å². The topological polar surface area (TPSA) is 248 Å². The summed E-state index contributed by atoms with van der Waals surface area (Å²) in [5, 5.41) is 3.28. The number of carbonyl (C=O) groups excluding carboxylic acids is 8. The summed E-state index contributed by atoms with van der Waals surface area (Å²) in [5.41, 5.74) is 5.65. The van der Waals surface area contributed by atoms with Crippen molar-refractivity contribution in [1.29, 1.82) is 0 Å². The van der Waals surface area contributed by atoms with Crippen LogP contribution in [-0.2, 0) is 74.7 Å². The number of ether oxygens (including phenoxy) is 4. The summed E-state index contributed by atoms with van der Waals surface area (Å²) in [6.45, 7) is 3.36. The highest BCUT2D eigenvalue weighted by molar-refractivity contribution is 6.69. The SMILES string of the molecule is CCCC1C(=O)OC(=O)C1CCC1C(=O)OC(=O)C1CCC1C(=O)OC(=O)C1CCC1C(=O)OC(=O)C1CCNCCC[Si](OC)O[Si](CCCN)(OC)OC. The molecule has 1 radical (unpaired) electrons. The number of rotatable bonds is 26. The van der Waals surface area contributed by atoms with Crippen LogP contribution in [0.5, 0.6) is 0 Å². The first-order valence-corrected chi connectivity index (χ1v) is 22.9. The van der Waals surface area contributed by atoms with Crippen molar-refractivity contribution in [3.8, 4) is 0 Å². The molecule has 3 N–H and O–H groups in total. The molecule has 0 aromatic carbocycles. The summed E-state index contributed by atoms with van der Waals surface area (Å²) in [4.78, 5) is 101. The highest BCUT2D eigenvalue weighted by Gasteiger charge is 2.51. The van der Waals surface area contributed by atoms with Crippen molar-refractivity contribution < 1.29 is 74.7 Å². The number of nitrogens with two attached hydrogens (primary N) is 1. The zero-order chi connectivity index (χ0) is 41.0. The Balaban J connectivity index is 1.26. The van der Waals surface area contributed by atoms with Gasteiger partial charge >= 0.3 is 65.8 Å². The second kappa shape index (κ2) is 21.5. The minimum Gasteiger partial charge on any atom is -0.397 e. The number of esters is 8. The first-order chi connectivity index (χ1) is 26.8. The zero-order valence-electron chi connectivity index (χ0n) is 32.5. The van der Waals surface area contributed by atoms with Crippen molar-refractivity contribution in [3.63, 3.8) is 0 Å². The minimum atomic E-state index is -2.89. The second-order valence-corrected chi connectivity index (χ2v) is 19.8. The third kappa shape index (κ3) is 11.2. The number of cyclic esters (lactones) is 8. The van der Waals surface area contributed by atoms with Crippen molar-refractivity contribution in [2.45, 2.75) is 89.6 Å². The Hall–Kier alpha value is -3.25. The highest BCUT2D eigenvalue weighted by Crippen LogP contribution is 2.41. The monoisotopic (exact) mass is 827 g/mol. The molecule has 0 aliphatic carbocycles. The molecule has 0 aromatic rings. The van der Waals surface area contributed by atoms with E-state index in [0.29, 0.717) is 63.8 Å². The quantitative estimate of drug-likeness (QED) is 0.0412. The van der Waals surface area contributed by atoms with E-state index in [1.54, 1.807) is 21.3 Å². The molecule has 0 saturated carbocycles. The lowest BCUT2D eigenvalue weighted by atomic mass is 9.78. The van der Waals surface area contributed by atoms with Gasteiger partial charge < -0.3 is 47.4 Å². The molecule has 313 valence electrons. The van der Waals surface area contributed by atoms with Gasteiger partial charge in [0, 0.05) is 27.4 Å². The van der Waals surface area contributed by atoms with Crippen LogP contribution in [0.15, 0.2) is 0 Å². The van der Waals surface area contributed by atoms with Crippen LogP contribution in [0.3, 0.4) is 0 Å². The number of hydrogen-bond acceptors (Lipinski definition) is 18. The van der Waals surface area contributed by atoms with E-state index < -0.39 is 113 Å². The van der Waals surface area contributed by atoms with E-state index >= 15 is 0 Å². The minimum absolute atomic E-state index is 0.0213. The molecule has 4 rings (SSSR count). The summed E-state index contributed by atoms with van der Waals surface area (Å²) >= 11 is 0. The van der Waals surface area contributed by atoms with Crippen LogP contribution in [0.25, 0.3) is 0 Å². The van der Waals surface area contributed by atoms with Gasteiger partial charge in [-0.05, 0) is 89.9 Å². The van der Waals surface area contributed by atoms with Crippen LogP contribution < -0.4 is 11.1 Å². The van der Waals surface area contributed by atoms with Gasteiger partial charge in [0.05, 0.1) is 47.3 Å². The Kier molecular flexibility index (Phi) is 17.4. The molecular formula is C36H55N2O16Si2. The van der Waals surface area contributed by atoms with Gasteiger partial charge in [0.25, 0.3) is 0 Å². The average molecular weight is 828 g/mol. The Bertz CT molecular complexity index is 1460. The fourth-order valence-electron chi connectivity index (χ4n) is 8.11. The third-order valence-electron chi connectivity index (χ3n) is 11.3. The molecule has 8 atom stereocenters. The summed E-state index contributed by atoms with van der Waals surface area (Å²) in [5.74, 6) is -12.2. The van der Waals surface area contributed by atoms with Gasteiger partial charge in [-0.15, -0.1) is 0 Å². The molecule has 0 spiro atoms. The van der Waals surface area contributed by atoms with Gasteiger partial charge in [-0.1, -0.05) is 13.3 Å². The standard InChI is InChI=1S/C36H55N2O16Si2/c1-5-8-21-22(30(40)50-29(21)39)9-10-23-24(32(42)51-31(23)41)11-12-25-26(34(44)52-33(25)43)13-14-27-28(36(46)53-35(27)45)15-18-38-17-7-19-55(47-2)54-56(48-3,49-4)20-6-16-37/h21-28,38H,5-20,37H2,1-4H3. The summed E-state index contributed by atoms with van der Waals surface area (Å²) < 4.78 is 42.6. The molecule has 20 heteroatoms. The van der Waals surface area contributed by atoms with Gasteiger partial charge in [0.2, 0.25) is 0 Å². The molecule has 18 nitrogen and oxygen atoms in total. The lowest BCUT2D eigenvalue weighted by Crippen LogP contribution is -2.49. The first-order valence-electron chi connectivity index (χ1n) is 19.4. The van der Waals surface area contributed by atoms with Crippen molar-refractivity contribution in [1.82, 2.24) is 5.32 Å². The Morgan fingerprint density at radius 3 is 1.23 bits per heavy atom. The molecule has 0 amide bonds. The molecule has 56 heavy (non-hydrogen) atoms. The average Bonchev–Trinajstić information content (AvgIpc) is 3.80. The maximum Gasteiger partial charge on any atom is 0.491 e. The summed E-state index contributed by atoms with van der Waals surface area (Å²) in [7, 11) is 0.102. The van der Waals surface area contributed by atoms with E-state index in [4.69, 9.17) is 42.1 Å². The van der Waals surface area contributed by atoms with E-state index in [9.17, 15) is 38.4 Å². The van der Waals surface area contributed by atoms with Gasteiger partial charge in [0.1, 0.15) is 0 Å². The van der Waals surface area contributed by atoms with Crippen LogP contribution in [0.1, 0.15) is 77.6 Å². The summed E-state index contributed by atoms with van der Waals surface area (Å²) in [6, 6.07) is 1.22. The van der Waals surface area contributed by atoms with E-state index in [0.717, 1.165) is 0 Å². The molecule has 8 unspecified atom stereocenters. The molecule has 0 aromatic heterocycles. The largest absolute Gasteiger partial charge is 0.491 e. The molecule has 4 saturated heterocycles. The van der Waals surface area contributed by atoms with Gasteiger partial charge in [-0.3, -0.25) is 38.4 Å². The van der Waals surface area contributed by atoms with Crippen molar-refractivity contribution in [3.05, 3.63) is 0 Å². The lowest BCUT2D eigenvalue weighted by molar-refractivity contribution is -0.156. The maximum atomic E-state index is 12.8. The number of nitrogens with one attached hydrogen (secondary N) is 1. The number of hydrogen-bond donors (Lipinski definition) is 2.